The first kappa shape index (κ1) is 10.6. The lowest BCUT2D eigenvalue weighted by Crippen LogP contribution is -2.21. The van der Waals surface area contributed by atoms with E-state index in [9.17, 15) is 8.42 Å². The van der Waals surface area contributed by atoms with Crippen molar-refractivity contribution in [3.8, 4) is 0 Å². The first-order valence-electron chi connectivity index (χ1n) is 4.87. The molecule has 1 saturated heterocycles. The number of nitrogens with one attached hydrogen (secondary N) is 1. The third-order valence-electron chi connectivity index (χ3n) is 2.31. The van der Waals surface area contributed by atoms with Crippen molar-refractivity contribution in [3.05, 3.63) is 30.3 Å². The van der Waals surface area contributed by atoms with Gasteiger partial charge in [-0.3, -0.25) is 4.18 Å². The maximum atomic E-state index is 11.7. The van der Waals surface area contributed by atoms with Crippen LogP contribution < -0.4 is 5.32 Å². The standard InChI is InChI=1S/C10H13NO3S/c12-15(13,10-4-2-1-3-5-10)14-9-6-7-11-8-9/h1-5,9,11H,6-8H2/t9-/m1/s1. The van der Waals surface area contributed by atoms with Gasteiger partial charge in [0.1, 0.15) is 0 Å². The van der Waals surface area contributed by atoms with E-state index in [-0.39, 0.29) is 11.0 Å². The Balaban J connectivity index is 2.13. The quantitative estimate of drug-likeness (QED) is 0.774. The van der Waals surface area contributed by atoms with Crippen molar-refractivity contribution in [1.82, 2.24) is 5.32 Å². The summed E-state index contributed by atoms with van der Waals surface area (Å²) >= 11 is 0. The monoisotopic (exact) mass is 227 g/mol. The van der Waals surface area contributed by atoms with Crippen LogP contribution in [-0.2, 0) is 14.3 Å². The van der Waals surface area contributed by atoms with Gasteiger partial charge in [-0.2, -0.15) is 8.42 Å². The van der Waals surface area contributed by atoms with Gasteiger partial charge in [0.25, 0.3) is 10.1 Å². The van der Waals surface area contributed by atoms with E-state index < -0.39 is 10.1 Å². The van der Waals surface area contributed by atoms with E-state index >= 15 is 0 Å². The molecule has 1 fully saturated rings. The molecule has 0 aliphatic carbocycles. The second-order valence-corrected chi connectivity index (χ2v) is 5.05. The molecule has 1 N–H and O–H groups in total. The van der Waals surface area contributed by atoms with Gasteiger partial charge in [-0.05, 0) is 25.1 Å². The molecule has 5 heteroatoms. The molecule has 0 saturated carbocycles. The van der Waals surface area contributed by atoms with Crippen LogP contribution in [0.3, 0.4) is 0 Å². The third kappa shape index (κ3) is 2.56. The Morgan fingerprint density at radius 1 is 1.27 bits per heavy atom. The van der Waals surface area contributed by atoms with Crippen molar-refractivity contribution in [2.45, 2.75) is 17.4 Å². The number of benzene rings is 1. The third-order valence-corrected chi connectivity index (χ3v) is 3.68. The molecule has 1 aliphatic rings. The van der Waals surface area contributed by atoms with Gasteiger partial charge in [-0.1, -0.05) is 18.2 Å². The average molecular weight is 227 g/mol. The highest BCUT2D eigenvalue weighted by Gasteiger charge is 2.23. The summed E-state index contributed by atoms with van der Waals surface area (Å²) in [5.74, 6) is 0. The molecule has 0 unspecified atom stereocenters. The predicted molar refractivity (Wildman–Crippen MR) is 56.0 cm³/mol. The highest BCUT2D eigenvalue weighted by Crippen LogP contribution is 2.16. The fourth-order valence-corrected chi connectivity index (χ4v) is 2.66. The van der Waals surface area contributed by atoms with Crippen LogP contribution in [0.25, 0.3) is 0 Å². The minimum atomic E-state index is -3.58. The topological polar surface area (TPSA) is 55.4 Å². The van der Waals surface area contributed by atoms with E-state index in [2.05, 4.69) is 5.32 Å². The van der Waals surface area contributed by atoms with Gasteiger partial charge in [-0.15, -0.1) is 0 Å². The largest absolute Gasteiger partial charge is 0.314 e. The lowest BCUT2D eigenvalue weighted by atomic mass is 10.3. The smallest absolute Gasteiger partial charge is 0.297 e. The van der Waals surface area contributed by atoms with Gasteiger partial charge in [0, 0.05) is 6.54 Å². The Morgan fingerprint density at radius 2 is 2.00 bits per heavy atom. The molecule has 0 bridgehead atoms. The van der Waals surface area contributed by atoms with Gasteiger partial charge in [0.05, 0.1) is 11.0 Å². The summed E-state index contributed by atoms with van der Waals surface area (Å²) in [6.45, 7) is 1.42. The maximum Gasteiger partial charge on any atom is 0.297 e. The normalized spacial score (nSPS) is 21.7. The highest BCUT2D eigenvalue weighted by atomic mass is 32.2. The molecule has 1 aromatic carbocycles. The minimum absolute atomic E-state index is 0.219. The zero-order valence-corrected chi connectivity index (χ0v) is 9.03. The van der Waals surface area contributed by atoms with Crippen molar-refractivity contribution in [1.29, 1.82) is 0 Å². The summed E-state index contributed by atoms with van der Waals surface area (Å²) in [4.78, 5) is 0.219. The Hall–Kier alpha value is -0.910. The lowest BCUT2D eigenvalue weighted by Gasteiger charge is -2.10. The average Bonchev–Trinajstić information content (AvgIpc) is 2.71. The van der Waals surface area contributed by atoms with Crippen molar-refractivity contribution in [2.75, 3.05) is 13.1 Å². The first-order chi connectivity index (χ1) is 7.18. The molecule has 0 spiro atoms. The summed E-state index contributed by atoms with van der Waals surface area (Å²) in [5, 5.41) is 3.06. The van der Waals surface area contributed by atoms with Crippen LogP contribution in [0, 0.1) is 0 Å². The van der Waals surface area contributed by atoms with Crippen LogP contribution in [-0.4, -0.2) is 27.6 Å². The van der Waals surface area contributed by atoms with E-state index in [0.29, 0.717) is 6.54 Å². The molecule has 0 radical (unpaired) electrons. The van der Waals surface area contributed by atoms with Gasteiger partial charge in [0.15, 0.2) is 0 Å². The molecule has 2 rings (SSSR count). The summed E-state index contributed by atoms with van der Waals surface area (Å²) in [7, 11) is -3.58. The van der Waals surface area contributed by atoms with Crippen molar-refractivity contribution < 1.29 is 12.6 Å². The van der Waals surface area contributed by atoms with Crippen molar-refractivity contribution >= 4 is 10.1 Å². The van der Waals surface area contributed by atoms with Crippen molar-refractivity contribution in [2.24, 2.45) is 0 Å². The van der Waals surface area contributed by atoms with Crippen LogP contribution in [0.2, 0.25) is 0 Å². The van der Waals surface area contributed by atoms with E-state index in [1.165, 1.54) is 12.1 Å². The Morgan fingerprint density at radius 3 is 2.60 bits per heavy atom. The second-order valence-electron chi connectivity index (χ2n) is 3.48. The summed E-state index contributed by atoms with van der Waals surface area (Å²) in [6.07, 6.45) is 0.515. The molecule has 1 aliphatic heterocycles. The highest BCUT2D eigenvalue weighted by molar-refractivity contribution is 7.86. The van der Waals surface area contributed by atoms with Gasteiger partial charge >= 0.3 is 0 Å². The van der Waals surface area contributed by atoms with E-state index in [4.69, 9.17) is 4.18 Å². The molecule has 1 heterocycles. The Kier molecular flexibility index (Phi) is 3.04. The lowest BCUT2D eigenvalue weighted by molar-refractivity contribution is 0.230. The molecule has 82 valence electrons. The molecule has 4 nitrogen and oxygen atoms in total. The SMILES string of the molecule is O=S(=O)(O[C@@H]1CCNC1)c1ccccc1. The molecular formula is C10H13NO3S. The van der Waals surface area contributed by atoms with Crippen LogP contribution in [0.5, 0.6) is 0 Å². The summed E-state index contributed by atoms with van der Waals surface area (Å²) in [5.41, 5.74) is 0. The molecule has 1 atom stereocenters. The zero-order valence-electron chi connectivity index (χ0n) is 8.22. The first-order valence-corrected chi connectivity index (χ1v) is 6.28. The predicted octanol–water partition coefficient (Wildman–Crippen LogP) is 0.754. The summed E-state index contributed by atoms with van der Waals surface area (Å²) in [6, 6.07) is 8.22. The van der Waals surface area contributed by atoms with Gasteiger partial charge in [-0.25, -0.2) is 0 Å². The number of hydrogen-bond donors (Lipinski definition) is 1. The molecule has 0 aromatic heterocycles. The van der Waals surface area contributed by atoms with Gasteiger partial charge in [0.2, 0.25) is 0 Å². The molecule has 0 amide bonds. The fourth-order valence-electron chi connectivity index (χ4n) is 1.53. The number of rotatable bonds is 3. The molecular weight excluding hydrogens is 214 g/mol. The Labute approximate surface area is 89.4 Å². The van der Waals surface area contributed by atoms with Crippen LogP contribution in [0.15, 0.2) is 35.2 Å². The van der Waals surface area contributed by atoms with E-state index in [1.54, 1.807) is 18.2 Å². The maximum absolute atomic E-state index is 11.7. The second kappa shape index (κ2) is 4.30. The van der Waals surface area contributed by atoms with E-state index in [1.807, 2.05) is 0 Å². The fraction of sp³-hybridized carbons (Fsp3) is 0.400. The minimum Gasteiger partial charge on any atom is -0.314 e. The summed E-state index contributed by atoms with van der Waals surface area (Å²) < 4.78 is 28.6. The zero-order chi connectivity index (χ0) is 10.7. The van der Waals surface area contributed by atoms with Crippen molar-refractivity contribution in [3.63, 3.8) is 0 Å². The van der Waals surface area contributed by atoms with Crippen LogP contribution in [0.1, 0.15) is 6.42 Å². The van der Waals surface area contributed by atoms with Crippen LogP contribution >= 0.6 is 0 Å². The molecule has 1 aromatic rings. The Bertz CT molecular complexity index is 410. The van der Waals surface area contributed by atoms with E-state index in [0.717, 1.165) is 13.0 Å². The molecule has 15 heavy (non-hydrogen) atoms. The van der Waals surface area contributed by atoms with Crippen LogP contribution in [0.4, 0.5) is 0 Å². The van der Waals surface area contributed by atoms with Gasteiger partial charge < -0.3 is 5.32 Å². The number of hydrogen-bond acceptors (Lipinski definition) is 4.